The molecular weight excluding hydrogens is 387 g/mol. The van der Waals surface area contributed by atoms with Crippen molar-refractivity contribution in [1.82, 2.24) is 9.88 Å². The molecule has 0 amide bonds. The van der Waals surface area contributed by atoms with E-state index >= 15 is 0 Å². The van der Waals surface area contributed by atoms with Crippen LogP contribution in [0.2, 0.25) is 0 Å². The molecule has 2 bridgehead atoms. The summed E-state index contributed by atoms with van der Waals surface area (Å²) in [6.45, 7) is 6.07. The molecule has 4 nitrogen and oxygen atoms in total. The number of nitrogens with zero attached hydrogens (tertiary/aromatic N) is 2. The Hall–Kier alpha value is -2.13. The third kappa shape index (κ3) is 5.08. The monoisotopic (exact) mass is 411 g/mol. The lowest BCUT2D eigenvalue weighted by atomic mass is 9.73. The fourth-order valence-electron chi connectivity index (χ4n) is 4.44. The number of aliphatic hydroxyl groups is 1. The van der Waals surface area contributed by atoms with E-state index in [2.05, 4.69) is 22.5 Å². The molecule has 1 aromatic carbocycles. The Morgan fingerprint density at radius 1 is 1.31 bits per heavy atom. The standard InChI is InChI=1S/C20H24N2O2.BF4/c1-3-13-12-22-9-7-14(13)10-19(22)20(23)16-6-8-21-18-5-4-15(24-2)11-17(16)18;2-1(3,4)5/h3-6,8,11,13-14,19-20,23H,1,7,9-10,12H2,2H3;/q;-1/t13-,14?,19+,20+;/m1./s1. The van der Waals surface area contributed by atoms with Gasteiger partial charge < -0.3 is 27.1 Å². The first-order valence-electron chi connectivity index (χ1n) is 9.56. The summed E-state index contributed by atoms with van der Waals surface area (Å²) in [4.78, 5) is 6.86. The van der Waals surface area contributed by atoms with E-state index in [1.54, 1.807) is 13.3 Å². The number of ether oxygens (including phenoxy) is 1. The number of aromatic nitrogens is 1. The zero-order chi connectivity index (χ0) is 21.2. The minimum atomic E-state index is -6.00. The van der Waals surface area contributed by atoms with Gasteiger partial charge in [-0.2, -0.15) is 0 Å². The topological polar surface area (TPSA) is 45.6 Å². The summed E-state index contributed by atoms with van der Waals surface area (Å²) < 4.78 is 44.3. The molecule has 1 N–H and O–H groups in total. The Bertz CT molecular complexity index is 858. The highest BCUT2D eigenvalue weighted by Gasteiger charge is 2.42. The molecule has 2 aromatic rings. The maximum atomic E-state index is 11.2. The summed E-state index contributed by atoms with van der Waals surface area (Å²) in [5, 5.41) is 12.1. The Labute approximate surface area is 167 Å². The summed E-state index contributed by atoms with van der Waals surface area (Å²) in [6.07, 6.45) is 5.62. The summed E-state index contributed by atoms with van der Waals surface area (Å²) in [5.41, 5.74) is 1.85. The van der Waals surface area contributed by atoms with E-state index < -0.39 is 13.4 Å². The van der Waals surface area contributed by atoms with Crippen molar-refractivity contribution in [2.24, 2.45) is 11.8 Å². The molecule has 0 aliphatic carbocycles. The summed E-state index contributed by atoms with van der Waals surface area (Å²) in [5.74, 6) is 2.01. The Kier molecular flexibility index (Phi) is 6.48. The number of methoxy groups -OCH3 is 1. The molecule has 0 radical (unpaired) electrons. The molecule has 2 unspecified atom stereocenters. The molecule has 9 heteroatoms. The van der Waals surface area contributed by atoms with Crippen molar-refractivity contribution in [3.63, 3.8) is 0 Å². The van der Waals surface area contributed by atoms with Crippen LogP contribution in [0, 0.1) is 11.8 Å². The van der Waals surface area contributed by atoms with Gasteiger partial charge in [0, 0.05) is 24.2 Å². The molecule has 1 aromatic heterocycles. The Morgan fingerprint density at radius 3 is 2.62 bits per heavy atom. The summed E-state index contributed by atoms with van der Waals surface area (Å²) in [7, 11) is -4.34. The molecule has 5 rings (SSSR count). The van der Waals surface area contributed by atoms with Crippen LogP contribution in [-0.4, -0.2) is 48.5 Å². The number of hydrogen-bond donors (Lipinski definition) is 1. The van der Waals surface area contributed by atoms with Gasteiger partial charge in [-0.05, 0) is 61.1 Å². The van der Waals surface area contributed by atoms with Crippen LogP contribution in [0.3, 0.4) is 0 Å². The van der Waals surface area contributed by atoms with Crippen LogP contribution in [-0.2, 0) is 0 Å². The Morgan fingerprint density at radius 2 is 2.03 bits per heavy atom. The number of benzene rings is 1. The van der Waals surface area contributed by atoms with Gasteiger partial charge in [-0.3, -0.25) is 9.88 Å². The second-order valence-corrected chi connectivity index (χ2v) is 7.47. The highest BCUT2D eigenvalue weighted by Crippen LogP contribution is 2.42. The molecule has 3 aliphatic heterocycles. The molecule has 3 aliphatic rings. The SMILES string of the molecule is C=C[C@@H]1CN2CCC1C[C@H]2[C@@H](O)c1ccnc2ccc(OC)cc12.F[B-](F)(F)F. The zero-order valence-corrected chi connectivity index (χ0v) is 16.1. The van der Waals surface area contributed by atoms with Crippen LogP contribution < -0.4 is 4.74 Å². The smallest absolute Gasteiger partial charge is 0.497 e. The number of pyridine rings is 1. The minimum absolute atomic E-state index is 0.178. The number of hydrogen-bond acceptors (Lipinski definition) is 4. The van der Waals surface area contributed by atoms with Crippen molar-refractivity contribution in [2.75, 3.05) is 20.2 Å². The number of aliphatic hydroxyl groups excluding tert-OH is 1. The van der Waals surface area contributed by atoms with E-state index in [4.69, 9.17) is 4.74 Å². The predicted molar refractivity (Wildman–Crippen MR) is 105 cm³/mol. The predicted octanol–water partition coefficient (Wildman–Crippen LogP) is 4.47. The van der Waals surface area contributed by atoms with Gasteiger partial charge in [-0.25, -0.2) is 0 Å². The average Bonchev–Trinajstić information content (AvgIpc) is 2.71. The average molecular weight is 411 g/mol. The molecule has 0 saturated carbocycles. The number of halogens is 4. The number of piperidine rings is 3. The van der Waals surface area contributed by atoms with Crippen molar-refractivity contribution in [3.8, 4) is 5.75 Å². The van der Waals surface area contributed by atoms with E-state index in [9.17, 15) is 22.4 Å². The van der Waals surface area contributed by atoms with E-state index in [0.717, 1.165) is 41.7 Å². The molecular formula is C20H24BF4N2O2-. The van der Waals surface area contributed by atoms with Gasteiger partial charge in [0.15, 0.2) is 0 Å². The highest BCUT2D eigenvalue weighted by molar-refractivity contribution is 6.50. The lowest BCUT2D eigenvalue weighted by Gasteiger charge is -2.50. The molecule has 3 saturated heterocycles. The number of rotatable bonds is 4. The molecule has 5 atom stereocenters. The number of fused-ring (bicyclic) bond motifs is 4. The second kappa shape index (κ2) is 8.71. The minimum Gasteiger partial charge on any atom is -0.497 e. The fraction of sp³-hybridized carbons (Fsp3) is 0.450. The van der Waals surface area contributed by atoms with Crippen LogP contribution in [0.25, 0.3) is 10.9 Å². The lowest BCUT2D eigenvalue weighted by molar-refractivity contribution is -0.0444. The second-order valence-electron chi connectivity index (χ2n) is 7.47. The van der Waals surface area contributed by atoms with E-state index in [1.165, 1.54) is 6.42 Å². The molecule has 3 fully saturated rings. The van der Waals surface area contributed by atoms with Gasteiger partial charge in [0.2, 0.25) is 0 Å². The van der Waals surface area contributed by atoms with E-state index in [0.29, 0.717) is 11.8 Å². The van der Waals surface area contributed by atoms with Gasteiger partial charge in [0.1, 0.15) is 5.75 Å². The van der Waals surface area contributed by atoms with Crippen LogP contribution in [0.5, 0.6) is 5.75 Å². The first kappa shape index (κ1) is 21.6. The van der Waals surface area contributed by atoms with Crippen molar-refractivity contribution in [1.29, 1.82) is 0 Å². The van der Waals surface area contributed by atoms with Gasteiger partial charge in [0.05, 0.1) is 18.7 Å². The van der Waals surface area contributed by atoms with Crippen LogP contribution >= 0.6 is 0 Å². The molecule has 29 heavy (non-hydrogen) atoms. The quantitative estimate of drug-likeness (QED) is 0.458. The maximum Gasteiger partial charge on any atom is 0.673 e. The van der Waals surface area contributed by atoms with Crippen molar-refractivity contribution in [2.45, 2.75) is 25.0 Å². The largest absolute Gasteiger partial charge is 0.673 e. The first-order valence-corrected chi connectivity index (χ1v) is 9.56. The van der Waals surface area contributed by atoms with E-state index in [1.807, 2.05) is 24.3 Å². The van der Waals surface area contributed by atoms with Crippen LogP contribution in [0.4, 0.5) is 17.3 Å². The summed E-state index contributed by atoms with van der Waals surface area (Å²) >= 11 is 0. The zero-order valence-electron chi connectivity index (χ0n) is 16.1. The van der Waals surface area contributed by atoms with Gasteiger partial charge >= 0.3 is 7.25 Å². The normalized spacial score (nSPS) is 27.1. The lowest BCUT2D eigenvalue weighted by Crippen LogP contribution is -2.54. The van der Waals surface area contributed by atoms with Crippen molar-refractivity contribution < 1.29 is 27.1 Å². The summed E-state index contributed by atoms with van der Waals surface area (Å²) in [6, 6.07) is 7.96. The van der Waals surface area contributed by atoms with Crippen molar-refractivity contribution >= 4 is 18.2 Å². The third-order valence-corrected chi connectivity index (χ3v) is 5.82. The van der Waals surface area contributed by atoms with Crippen LogP contribution in [0.1, 0.15) is 24.5 Å². The van der Waals surface area contributed by atoms with Gasteiger partial charge in [0.25, 0.3) is 0 Å². The molecule has 4 heterocycles. The van der Waals surface area contributed by atoms with Crippen LogP contribution in [0.15, 0.2) is 43.1 Å². The highest BCUT2D eigenvalue weighted by atomic mass is 19.5. The Balaban J connectivity index is 0.000000431. The molecule has 0 spiro atoms. The van der Waals surface area contributed by atoms with Gasteiger partial charge in [-0.15, -0.1) is 6.58 Å². The fourth-order valence-corrected chi connectivity index (χ4v) is 4.44. The first-order chi connectivity index (χ1) is 13.7. The third-order valence-electron chi connectivity index (χ3n) is 5.82. The van der Waals surface area contributed by atoms with Crippen molar-refractivity contribution in [3.05, 3.63) is 48.7 Å². The van der Waals surface area contributed by atoms with E-state index in [-0.39, 0.29) is 6.04 Å². The van der Waals surface area contributed by atoms with Gasteiger partial charge in [-0.1, -0.05) is 6.08 Å². The maximum absolute atomic E-state index is 11.2. The molecule has 158 valence electrons.